The largest absolute Gasteiger partial charge is 0.457 e. The number of hydrogen-bond acceptors (Lipinski definition) is 3. The van der Waals surface area contributed by atoms with E-state index in [0.717, 1.165) is 40.2 Å². The fraction of sp³-hybridized carbons (Fsp3) is 0.294. The average molecular weight is 350 g/mol. The van der Waals surface area contributed by atoms with Gasteiger partial charge in [-0.2, -0.15) is 0 Å². The third-order valence-electron chi connectivity index (χ3n) is 3.15. The van der Waals surface area contributed by atoms with E-state index >= 15 is 0 Å². The maximum Gasteiger partial charge on any atom is 0.133 e. The Morgan fingerprint density at radius 3 is 2.57 bits per heavy atom. The molecular formula is C17H20BrNO2. The highest BCUT2D eigenvalue weighted by molar-refractivity contribution is 9.10. The zero-order valence-electron chi connectivity index (χ0n) is 12.1. The van der Waals surface area contributed by atoms with Gasteiger partial charge in [0.1, 0.15) is 11.5 Å². The lowest BCUT2D eigenvalue weighted by molar-refractivity contribution is 0.299. The first kappa shape index (κ1) is 16.0. The fourth-order valence-corrected chi connectivity index (χ4v) is 2.35. The summed E-state index contributed by atoms with van der Waals surface area (Å²) in [7, 11) is 0. The molecule has 2 rings (SSSR count). The Balaban J connectivity index is 2.15. The minimum atomic E-state index is 0.165. The number of aliphatic hydroxyl groups is 1. The van der Waals surface area contributed by atoms with Crippen LogP contribution in [0.15, 0.2) is 46.9 Å². The monoisotopic (exact) mass is 349 g/mol. The SMILES string of the molecule is CCNCc1ccc(Br)cc1Oc1ccc(CCO)cc1. The van der Waals surface area contributed by atoms with Crippen LogP contribution < -0.4 is 10.1 Å². The van der Waals surface area contributed by atoms with E-state index in [2.05, 4.69) is 34.2 Å². The molecule has 0 spiro atoms. The first-order chi connectivity index (χ1) is 10.2. The van der Waals surface area contributed by atoms with E-state index in [4.69, 9.17) is 9.84 Å². The summed E-state index contributed by atoms with van der Waals surface area (Å²) >= 11 is 3.48. The molecule has 2 aromatic carbocycles. The predicted octanol–water partition coefficient (Wildman–Crippen LogP) is 3.89. The van der Waals surface area contributed by atoms with Gasteiger partial charge in [-0.3, -0.25) is 0 Å². The summed E-state index contributed by atoms with van der Waals surface area (Å²) in [6, 6.07) is 13.9. The number of halogens is 1. The van der Waals surface area contributed by atoms with Crippen molar-refractivity contribution in [2.24, 2.45) is 0 Å². The van der Waals surface area contributed by atoms with Crippen LogP contribution >= 0.6 is 15.9 Å². The number of benzene rings is 2. The molecule has 0 radical (unpaired) electrons. The number of nitrogens with one attached hydrogen (secondary N) is 1. The summed E-state index contributed by atoms with van der Waals surface area (Å²) in [6.07, 6.45) is 0.669. The highest BCUT2D eigenvalue weighted by Gasteiger charge is 2.06. The Morgan fingerprint density at radius 1 is 1.14 bits per heavy atom. The molecule has 0 amide bonds. The maximum atomic E-state index is 8.93. The highest BCUT2D eigenvalue weighted by atomic mass is 79.9. The van der Waals surface area contributed by atoms with Gasteiger partial charge in [-0.1, -0.05) is 41.1 Å². The molecule has 112 valence electrons. The van der Waals surface area contributed by atoms with Crippen molar-refractivity contribution in [3.8, 4) is 11.5 Å². The van der Waals surface area contributed by atoms with Crippen LogP contribution in [0.1, 0.15) is 18.1 Å². The normalized spacial score (nSPS) is 10.6. The van der Waals surface area contributed by atoms with Crippen molar-refractivity contribution in [1.29, 1.82) is 0 Å². The number of aliphatic hydroxyl groups excluding tert-OH is 1. The molecule has 0 bridgehead atoms. The third kappa shape index (κ3) is 4.84. The molecule has 0 fully saturated rings. The molecule has 4 heteroatoms. The van der Waals surface area contributed by atoms with Gasteiger partial charge >= 0.3 is 0 Å². The molecule has 0 saturated heterocycles. The van der Waals surface area contributed by atoms with Crippen LogP contribution in [0.25, 0.3) is 0 Å². The molecule has 0 atom stereocenters. The van der Waals surface area contributed by atoms with Crippen molar-refractivity contribution in [3.05, 3.63) is 58.1 Å². The second-order valence-corrected chi connectivity index (χ2v) is 5.67. The Labute approximate surface area is 134 Å². The van der Waals surface area contributed by atoms with E-state index in [1.165, 1.54) is 0 Å². The molecule has 0 aromatic heterocycles. The summed E-state index contributed by atoms with van der Waals surface area (Å²) in [5.74, 6) is 1.65. The van der Waals surface area contributed by atoms with Gasteiger partial charge < -0.3 is 15.2 Å². The molecule has 0 unspecified atom stereocenters. The third-order valence-corrected chi connectivity index (χ3v) is 3.64. The summed E-state index contributed by atoms with van der Waals surface area (Å²) in [5.41, 5.74) is 2.23. The second-order valence-electron chi connectivity index (χ2n) is 4.75. The van der Waals surface area contributed by atoms with E-state index in [1.807, 2.05) is 36.4 Å². The van der Waals surface area contributed by atoms with E-state index in [-0.39, 0.29) is 6.61 Å². The van der Waals surface area contributed by atoms with Crippen molar-refractivity contribution in [2.75, 3.05) is 13.2 Å². The summed E-state index contributed by atoms with van der Waals surface area (Å²) in [4.78, 5) is 0. The standard InChI is InChI=1S/C17H20BrNO2/c1-2-19-12-14-5-6-15(18)11-17(14)21-16-7-3-13(4-8-16)9-10-20/h3-8,11,19-20H,2,9-10,12H2,1H3. The minimum Gasteiger partial charge on any atom is -0.457 e. The lowest BCUT2D eigenvalue weighted by atomic mass is 10.1. The first-order valence-corrected chi connectivity index (χ1v) is 7.89. The van der Waals surface area contributed by atoms with Crippen LogP contribution in [0.5, 0.6) is 11.5 Å². The van der Waals surface area contributed by atoms with Crippen molar-refractivity contribution < 1.29 is 9.84 Å². The Hall–Kier alpha value is -1.36. The van der Waals surface area contributed by atoms with Crippen LogP contribution in [-0.4, -0.2) is 18.3 Å². The van der Waals surface area contributed by atoms with Gasteiger partial charge in [-0.15, -0.1) is 0 Å². The highest BCUT2D eigenvalue weighted by Crippen LogP contribution is 2.29. The molecule has 2 aromatic rings. The second kappa shape index (κ2) is 8.17. The van der Waals surface area contributed by atoms with Crippen molar-refractivity contribution in [2.45, 2.75) is 19.9 Å². The zero-order valence-corrected chi connectivity index (χ0v) is 13.7. The predicted molar refractivity (Wildman–Crippen MR) is 88.8 cm³/mol. The van der Waals surface area contributed by atoms with Gasteiger partial charge in [0.25, 0.3) is 0 Å². The molecule has 3 nitrogen and oxygen atoms in total. The van der Waals surface area contributed by atoms with Gasteiger partial charge in [0, 0.05) is 23.2 Å². The van der Waals surface area contributed by atoms with Gasteiger partial charge in [0.15, 0.2) is 0 Å². The zero-order chi connectivity index (χ0) is 15.1. The van der Waals surface area contributed by atoms with Crippen molar-refractivity contribution in [3.63, 3.8) is 0 Å². The molecule has 0 aliphatic heterocycles. The minimum absolute atomic E-state index is 0.165. The van der Waals surface area contributed by atoms with Crippen LogP contribution in [0.4, 0.5) is 0 Å². The van der Waals surface area contributed by atoms with E-state index in [1.54, 1.807) is 0 Å². The van der Waals surface area contributed by atoms with E-state index in [0.29, 0.717) is 6.42 Å². The quantitative estimate of drug-likeness (QED) is 0.796. The van der Waals surface area contributed by atoms with Crippen molar-refractivity contribution >= 4 is 15.9 Å². The van der Waals surface area contributed by atoms with Crippen LogP contribution in [0.2, 0.25) is 0 Å². The van der Waals surface area contributed by atoms with Crippen LogP contribution in [0, 0.1) is 0 Å². The van der Waals surface area contributed by atoms with Crippen molar-refractivity contribution in [1.82, 2.24) is 5.32 Å². The van der Waals surface area contributed by atoms with Gasteiger partial charge in [-0.25, -0.2) is 0 Å². The Morgan fingerprint density at radius 2 is 1.90 bits per heavy atom. The number of hydrogen-bond donors (Lipinski definition) is 2. The smallest absolute Gasteiger partial charge is 0.133 e. The fourth-order valence-electron chi connectivity index (χ4n) is 2.01. The Bertz CT molecular complexity index is 570. The lowest BCUT2D eigenvalue weighted by Gasteiger charge is -2.12. The maximum absolute atomic E-state index is 8.93. The molecule has 2 N–H and O–H groups in total. The summed E-state index contributed by atoms with van der Waals surface area (Å²) < 4.78 is 6.98. The molecule has 0 heterocycles. The average Bonchev–Trinajstić information content (AvgIpc) is 2.49. The molecule has 0 aliphatic rings. The molecule has 0 aliphatic carbocycles. The van der Waals surface area contributed by atoms with Gasteiger partial charge in [-0.05, 0) is 42.8 Å². The van der Waals surface area contributed by atoms with Crippen LogP contribution in [0.3, 0.4) is 0 Å². The van der Waals surface area contributed by atoms with Gasteiger partial charge in [0.2, 0.25) is 0 Å². The number of ether oxygens (including phenoxy) is 1. The van der Waals surface area contributed by atoms with Crippen LogP contribution in [-0.2, 0) is 13.0 Å². The van der Waals surface area contributed by atoms with E-state index < -0.39 is 0 Å². The Kier molecular flexibility index (Phi) is 6.23. The van der Waals surface area contributed by atoms with Gasteiger partial charge in [0.05, 0.1) is 0 Å². The summed E-state index contributed by atoms with van der Waals surface area (Å²) in [6.45, 7) is 3.95. The lowest BCUT2D eigenvalue weighted by Crippen LogP contribution is -2.12. The number of rotatable bonds is 7. The summed E-state index contributed by atoms with van der Waals surface area (Å²) in [5, 5.41) is 12.2. The van der Waals surface area contributed by atoms with E-state index in [9.17, 15) is 0 Å². The topological polar surface area (TPSA) is 41.5 Å². The molecule has 21 heavy (non-hydrogen) atoms. The molecule has 0 saturated carbocycles. The molecular weight excluding hydrogens is 330 g/mol. The first-order valence-electron chi connectivity index (χ1n) is 7.09.